The zero-order valence-corrected chi connectivity index (χ0v) is 14.9. The summed E-state index contributed by atoms with van der Waals surface area (Å²) >= 11 is 1.44. The molecule has 5 heteroatoms. The van der Waals surface area contributed by atoms with Gasteiger partial charge in [-0.2, -0.15) is 0 Å². The first-order valence-electron chi connectivity index (χ1n) is 8.01. The third-order valence-corrected chi connectivity index (χ3v) is 4.92. The molecule has 1 amide bonds. The van der Waals surface area contributed by atoms with E-state index in [1.165, 1.54) is 17.3 Å². The van der Waals surface area contributed by atoms with Crippen molar-refractivity contribution in [2.24, 2.45) is 0 Å². The number of nitrogens with one attached hydrogen (secondary N) is 2. The maximum absolute atomic E-state index is 12.4. The average Bonchev–Trinajstić information content (AvgIpc) is 2.96. The molecule has 0 aliphatic heterocycles. The van der Waals surface area contributed by atoms with Crippen molar-refractivity contribution >= 4 is 28.7 Å². The Bertz CT molecular complexity index is 844. The third-order valence-electron chi connectivity index (χ3n) is 3.93. The number of rotatable bonds is 5. The average molecular weight is 339 g/mol. The first kappa shape index (κ1) is 16.6. The fraction of sp³-hybridized carbons (Fsp3) is 0.263. The molecule has 4 nitrogen and oxygen atoms in total. The van der Waals surface area contributed by atoms with Crippen LogP contribution in [0.1, 0.15) is 31.0 Å². The van der Waals surface area contributed by atoms with Gasteiger partial charge in [-0.25, -0.2) is 4.98 Å². The van der Waals surface area contributed by atoms with Gasteiger partial charge in [0.15, 0.2) is 5.16 Å². The second-order valence-electron chi connectivity index (χ2n) is 5.96. The lowest BCUT2D eigenvalue weighted by Crippen LogP contribution is -2.33. The van der Waals surface area contributed by atoms with E-state index in [-0.39, 0.29) is 17.2 Å². The Labute approximate surface area is 146 Å². The molecule has 0 aliphatic carbocycles. The maximum atomic E-state index is 12.4. The maximum Gasteiger partial charge on any atom is 0.233 e. The van der Waals surface area contributed by atoms with Gasteiger partial charge in [-0.05, 0) is 44.0 Å². The van der Waals surface area contributed by atoms with Crippen LogP contribution in [-0.4, -0.2) is 21.1 Å². The molecule has 3 aromatic rings. The standard InChI is InChI=1S/C19H21N3OS/c1-12-9-10-16-17(11-12)22-19(21-16)24-14(3)18(23)20-13(2)15-7-5-4-6-8-15/h4-11,13-14H,1-3H3,(H,20,23)(H,21,22)/t13-,14-/m1/s1. The van der Waals surface area contributed by atoms with E-state index in [1.807, 2.05) is 63.2 Å². The molecular weight excluding hydrogens is 318 g/mol. The Kier molecular flexibility index (Phi) is 4.90. The van der Waals surface area contributed by atoms with Crippen LogP contribution in [0.15, 0.2) is 53.7 Å². The van der Waals surface area contributed by atoms with Crippen LogP contribution in [0.3, 0.4) is 0 Å². The van der Waals surface area contributed by atoms with Crippen LogP contribution in [0.4, 0.5) is 0 Å². The number of H-pyrrole nitrogens is 1. The first-order valence-corrected chi connectivity index (χ1v) is 8.89. The van der Waals surface area contributed by atoms with Crippen molar-refractivity contribution in [1.82, 2.24) is 15.3 Å². The van der Waals surface area contributed by atoms with E-state index in [9.17, 15) is 4.79 Å². The molecule has 0 unspecified atom stereocenters. The molecule has 0 saturated carbocycles. The monoisotopic (exact) mass is 339 g/mol. The summed E-state index contributed by atoms with van der Waals surface area (Å²) in [5.74, 6) is 0.00740. The highest BCUT2D eigenvalue weighted by Crippen LogP contribution is 2.24. The molecule has 0 saturated heterocycles. The number of nitrogens with zero attached hydrogens (tertiary/aromatic N) is 1. The summed E-state index contributed by atoms with van der Waals surface area (Å²) in [6, 6.07) is 16.0. The topological polar surface area (TPSA) is 57.8 Å². The normalized spacial score (nSPS) is 13.6. The van der Waals surface area contributed by atoms with Crippen LogP contribution in [0.25, 0.3) is 11.0 Å². The van der Waals surface area contributed by atoms with Crippen molar-refractivity contribution in [3.63, 3.8) is 0 Å². The lowest BCUT2D eigenvalue weighted by Gasteiger charge is -2.17. The van der Waals surface area contributed by atoms with Crippen molar-refractivity contribution in [3.8, 4) is 0 Å². The summed E-state index contributed by atoms with van der Waals surface area (Å²) in [5.41, 5.74) is 4.21. The summed E-state index contributed by atoms with van der Waals surface area (Å²) in [6.45, 7) is 5.94. The Morgan fingerprint density at radius 3 is 2.67 bits per heavy atom. The number of imidazole rings is 1. The molecule has 0 bridgehead atoms. The second-order valence-corrected chi connectivity index (χ2v) is 7.29. The van der Waals surface area contributed by atoms with Crippen molar-refractivity contribution in [2.45, 2.75) is 37.2 Å². The molecular formula is C19H21N3OS. The lowest BCUT2D eigenvalue weighted by molar-refractivity contribution is -0.120. The van der Waals surface area contributed by atoms with Crippen molar-refractivity contribution in [3.05, 3.63) is 59.7 Å². The van der Waals surface area contributed by atoms with Gasteiger partial charge in [0.05, 0.1) is 22.3 Å². The number of aromatic nitrogens is 2. The van der Waals surface area contributed by atoms with Gasteiger partial charge in [0.1, 0.15) is 0 Å². The Morgan fingerprint density at radius 1 is 1.17 bits per heavy atom. The van der Waals surface area contributed by atoms with Crippen molar-refractivity contribution < 1.29 is 4.79 Å². The van der Waals surface area contributed by atoms with Crippen molar-refractivity contribution in [2.75, 3.05) is 0 Å². The zero-order valence-electron chi connectivity index (χ0n) is 14.0. The Hall–Kier alpha value is -2.27. The largest absolute Gasteiger partial charge is 0.349 e. The Morgan fingerprint density at radius 2 is 1.92 bits per heavy atom. The van der Waals surface area contributed by atoms with E-state index in [0.717, 1.165) is 21.8 Å². The van der Waals surface area contributed by atoms with Gasteiger partial charge < -0.3 is 10.3 Å². The highest BCUT2D eigenvalue weighted by atomic mass is 32.2. The number of aromatic amines is 1. The van der Waals surface area contributed by atoms with E-state index < -0.39 is 0 Å². The third kappa shape index (κ3) is 3.79. The fourth-order valence-electron chi connectivity index (χ4n) is 2.53. The van der Waals surface area contributed by atoms with E-state index in [0.29, 0.717) is 0 Å². The number of carbonyl (C=O) groups is 1. The van der Waals surface area contributed by atoms with Crippen LogP contribution in [0.2, 0.25) is 0 Å². The van der Waals surface area contributed by atoms with Gasteiger partial charge in [-0.3, -0.25) is 4.79 Å². The summed E-state index contributed by atoms with van der Waals surface area (Å²) < 4.78 is 0. The highest BCUT2D eigenvalue weighted by molar-refractivity contribution is 8.00. The molecule has 0 radical (unpaired) electrons. The number of aryl methyl sites for hydroxylation is 1. The van der Waals surface area contributed by atoms with Gasteiger partial charge in [-0.15, -0.1) is 0 Å². The number of thioether (sulfide) groups is 1. The first-order chi connectivity index (χ1) is 11.5. The van der Waals surface area contributed by atoms with Crippen LogP contribution in [-0.2, 0) is 4.79 Å². The number of benzene rings is 2. The SMILES string of the molecule is Cc1ccc2nc(S[C@H](C)C(=O)N[C@H](C)c3ccccc3)[nH]c2c1. The summed E-state index contributed by atoms with van der Waals surface area (Å²) in [7, 11) is 0. The number of carbonyl (C=O) groups excluding carboxylic acids is 1. The molecule has 1 aromatic heterocycles. The molecule has 0 spiro atoms. The molecule has 124 valence electrons. The molecule has 24 heavy (non-hydrogen) atoms. The molecule has 3 rings (SSSR count). The van der Waals surface area contributed by atoms with Gasteiger partial charge in [0, 0.05) is 0 Å². The van der Waals surface area contributed by atoms with E-state index in [1.54, 1.807) is 0 Å². The van der Waals surface area contributed by atoms with E-state index in [4.69, 9.17) is 0 Å². The number of hydrogen-bond acceptors (Lipinski definition) is 3. The van der Waals surface area contributed by atoms with Crippen LogP contribution < -0.4 is 5.32 Å². The number of amides is 1. The Balaban J connectivity index is 1.64. The number of hydrogen-bond donors (Lipinski definition) is 2. The smallest absolute Gasteiger partial charge is 0.233 e. The van der Waals surface area contributed by atoms with Crippen LogP contribution in [0, 0.1) is 6.92 Å². The second kappa shape index (κ2) is 7.09. The minimum Gasteiger partial charge on any atom is -0.349 e. The molecule has 0 fully saturated rings. The van der Waals surface area contributed by atoms with E-state index >= 15 is 0 Å². The number of fused-ring (bicyclic) bond motifs is 1. The quantitative estimate of drug-likeness (QED) is 0.684. The van der Waals surface area contributed by atoms with Gasteiger partial charge in [0.25, 0.3) is 0 Å². The summed E-state index contributed by atoms with van der Waals surface area (Å²) in [5, 5.41) is 3.60. The molecule has 0 aliphatic rings. The molecule has 2 aromatic carbocycles. The molecule has 1 heterocycles. The van der Waals surface area contributed by atoms with Gasteiger partial charge >= 0.3 is 0 Å². The van der Waals surface area contributed by atoms with Gasteiger partial charge in [0.2, 0.25) is 5.91 Å². The highest BCUT2D eigenvalue weighted by Gasteiger charge is 2.18. The minimum absolute atomic E-state index is 0.00740. The van der Waals surface area contributed by atoms with E-state index in [2.05, 4.69) is 21.4 Å². The fourth-order valence-corrected chi connectivity index (χ4v) is 3.36. The van der Waals surface area contributed by atoms with Crippen molar-refractivity contribution in [1.29, 1.82) is 0 Å². The predicted molar refractivity (Wildman–Crippen MR) is 99.1 cm³/mol. The zero-order chi connectivity index (χ0) is 17.1. The minimum atomic E-state index is -0.224. The summed E-state index contributed by atoms with van der Waals surface area (Å²) in [4.78, 5) is 20.2. The molecule has 2 N–H and O–H groups in total. The lowest BCUT2D eigenvalue weighted by atomic mass is 10.1. The van der Waals surface area contributed by atoms with Crippen LogP contribution in [0.5, 0.6) is 0 Å². The predicted octanol–water partition coefficient (Wildman–Crippen LogP) is 4.23. The van der Waals surface area contributed by atoms with Crippen LogP contribution >= 0.6 is 11.8 Å². The summed E-state index contributed by atoms with van der Waals surface area (Å²) in [6.07, 6.45) is 0. The molecule has 2 atom stereocenters. The van der Waals surface area contributed by atoms with Gasteiger partial charge in [-0.1, -0.05) is 48.2 Å².